The van der Waals surface area contributed by atoms with Crippen molar-refractivity contribution in [2.24, 2.45) is 0 Å². The second-order valence-electron chi connectivity index (χ2n) is 7.21. The Morgan fingerprint density at radius 2 is 1.72 bits per heavy atom. The molecule has 0 radical (unpaired) electrons. The van der Waals surface area contributed by atoms with E-state index < -0.39 is 10.0 Å². The van der Waals surface area contributed by atoms with Crippen molar-refractivity contribution < 1.29 is 17.7 Å². The molecule has 0 atom stereocenters. The van der Waals surface area contributed by atoms with Gasteiger partial charge in [0.1, 0.15) is 4.90 Å². The summed E-state index contributed by atoms with van der Waals surface area (Å²) in [4.78, 5) is 17.2. The maximum absolute atomic E-state index is 13.0. The second kappa shape index (κ2) is 8.27. The van der Waals surface area contributed by atoms with Crippen LogP contribution in [0.5, 0.6) is 0 Å². The highest BCUT2D eigenvalue weighted by Crippen LogP contribution is 2.27. The zero-order valence-corrected chi connectivity index (χ0v) is 18.2. The van der Waals surface area contributed by atoms with Gasteiger partial charge in [0.05, 0.1) is 17.1 Å². The van der Waals surface area contributed by atoms with E-state index in [2.05, 4.69) is 14.9 Å². The van der Waals surface area contributed by atoms with Gasteiger partial charge in [-0.05, 0) is 44.2 Å². The number of aryl methyl sites for hydroxylation is 1. The molecule has 8 nitrogen and oxygen atoms in total. The molecule has 0 aliphatic carbocycles. The molecule has 4 aromatic rings. The van der Waals surface area contributed by atoms with Crippen LogP contribution in [0.1, 0.15) is 27.2 Å². The number of nitrogens with zero attached hydrogens (tertiary/aromatic N) is 2. The van der Waals surface area contributed by atoms with Crippen molar-refractivity contribution in [2.45, 2.75) is 18.7 Å². The van der Waals surface area contributed by atoms with Crippen molar-refractivity contribution in [3.05, 3.63) is 89.2 Å². The van der Waals surface area contributed by atoms with E-state index in [4.69, 9.17) is 10.3 Å². The Kier molecular flexibility index (Phi) is 5.50. The summed E-state index contributed by atoms with van der Waals surface area (Å²) in [5.41, 5.74) is 9.32. The predicted octanol–water partition coefficient (Wildman–Crippen LogP) is 3.97. The molecule has 0 saturated carbocycles. The van der Waals surface area contributed by atoms with E-state index in [1.54, 1.807) is 32.2 Å². The van der Waals surface area contributed by atoms with Gasteiger partial charge in [-0.25, -0.2) is 13.1 Å². The minimum absolute atomic E-state index is 0.0206. The molecule has 32 heavy (non-hydrogen) atoms. The van der Waals surface area contributed by atoms with Gasteiger partial charge in [-0.1, -0.05) is 35.5 Å². The fourth-order valence-corrected chi connectivity index (χ4v) is 4.29. The van der Waals surface area contributed by atoms with Crippen LogP contribution in [0.15, 0.2) is 76.3 Å². The summed E-state index contributed by atoms with van der Waals surface area (Å²) < 4.78 is 32.9. The summed E-state index contributed by atoms with van der Waals surface area (Å²) >= 11 is 0. The zero-order chi connectivity index (χ0) is 22.9. The first-order valence-electron chi connectivity index (χ1n) is 9.67. The number of hydrogen-bond donors (Lipinski definition) is 2. The first-order chi connectivity index (χ1) is 15.3. The predicted molar refractivity (Wildman–Crippen MR) is 121 cm³/mol. The lowest BCUT2D eigenvalue weighted by atomic mass is 10.0. The highest BCUT2D eigenvalue weighted by atomic mass is 32.2. The number of nitrogens with two attached hydrogens (primary N) is 1. The molecule has 2 aromatic heterocycles. The van der Waals surface area contributed by atoms with Gasteiger partial charge in [0.15, 0.2) is 5.78 Å². The Morgan fingerprint density at radius 3 is 2.38 bits per heavy atom. The fraction of sp³-hybridized carbons (Fsp3) is 0.0870. The summed E-state index contributed by atoms with van der Waals surface area (Å²) in [6.07, 6.45) is 1.56. The van der Waals surface area contributed by atoms with Crippen molar-refractivity contribution in [3.63, 3.8) is 0 Å². The van der Waals surface area contributed by atoms with Gasteiger partial charge in [0.2, 0.25) is 5.88 Å². The molecule has 0 unspecified atom stereocenters. The minimum Gasteiger partial charge on any atom is -0.398 e. The normalized spacial score (nSPS) is 11.3. The third kappa shape index (κ3) is 4.10. The summed E-state index contributed by atoms with van der Waals surface area (Å²) in [7, 11) is -4.03. The average Bonchev–Trinajstić information content (AvgIpc) is 3.10. The number of nitrogens with one attached hydrogen (secondary N) is 1. The van der Waals surface area contributed by atoms with Crippen LogP contribution in [-0.2, 0) is 10.0 Å². The van der Waals surface area contributed by atoms with Gasteiger partial charge in [0.25, 0.3) is 10.0 Å². The Hall–Kier alpha value is -3.98. The second-order valence-corrected chi connectivity index (χ2v) is 8.86. The van der Waals surface area contributed by atoms with Crippen LogP contribution in [0.2, 0.25) is 0 Å². The summed E-state index contributed by atoms with van der Waals surface area (Å²) in [5.74, 6) is -0.276. The van der Waals surface area contributed by atoms with E-state index in [9.17, 15) is 13.2 Å². The molecular formula is C23H20N4O4S. The number of pyridine rings is 1. The van der Waals surface area contributed by atoms with Crippen LogP contribution in [0.25, 0.3) is 11.3 Å². The van der Waals surface area contributed by atoms with Crippen LogP contribution in [0.3, 0.4) is 0 Å². The van der Waals surface area contributed by atoms with Crippen LogP contribution >= 0.6 is 0 Å². The average molecular weight is 449 g/mol. The number of rotatable bonds is 6. The van der Waals surface area contributed by atoms with Crippen molar-refractivity contribution in [2.75, 3.05) is 10.5 Å². The number of sulfonamides is 1. The molecule has 9 heteroatoms. The zero-order valence-electron chi connectivity index (χ0n) is 17.4. The number of aromatic nitrogens is 2. The Bertz CT molecular complexity index is 1410. The minimum atomic E-state index is -4.03. The van der Waals surface area contributed by atoms with E-state index in [0.717, 1.165) is 5.56 Å². The van der Waals surface area contributed by atoms with E-state index in [1.807, 2.05) is 30.3 Å². The van der Waals surface area contributed by atoms with Gasteiger partial charge >= 0.3 is 0 Å². The maximum Gasteiger partial charge on any atom is 0.266 e. The van der Waals surface area contributed by atoms with Gasteiger partial charge in [-0.3, -0.25) is 9.78 Å². The van der Waals surface area contributed by atoms with Crippen molar-refractivity contribution in [3.8, 4) is 11.3 Å². The topological polar surface area (TPSA) is 128 Å². The lowest BCUT2D eigenvalue weighted by Gasteiger charge is -2.10. The molecule has 3 N–H and O–H groups in total. The Balaban J connectivity index is 1.62. The standard InChI is InChI=1S/C23H20N4O4S/c1-14-15(2)26-31-23(14)27-32(29,30)21-9-8-17(12-19(21)24)22(28)18-10-11-25-20(13-18)16-6-4-3-5-7-16/h3-13,27H,24H2,1-2H3. The largest absolute Gasteiger partial charge is 0.398 e. The van der Waals surface area contributed by atoms with Gasteiger partial charge < -0.3 is 10.3 Å². The highest BCUT2D eigenvalue weighted by molar-refractivity contribution is 7.92. The highest BCUT2D eigenvalue weighted by Gasteiger charge is 2.23. The van der Waals surface area contributed by atoms with Crippen molar-refractivity contribution in [1.82, 2.24) is 10.1 Å². The number of hydrogen-bond acceptors (Lipinski definition) is 7. The lowest BCUT2D eigenvalue weighted by Crippen LogP contribution is -2.15. The fourth-order valence-electron chi connectivity index (χ4n) is 3.13. The quantitative estimate of drug-likeness (QED) is 0.337. The molecule has 2 aromatic carbocycles. The summed E-state index contributed by atoms with van der Waals surface area (Å²) in [6, 6.07) is 16.8. The molecule has 162 valence electrons. The summed E-state index contributed by atoms with van der Waals surface area (Å²) in [6.45, 7) is 3.39. The number of ketones is 1. The SMILES string of the molecule is Cc1noc(NS(=O)(=O)c2ccc(C(=O)c3ccnc(-c4ccccc4)c3)cc2N)c1C. The van der Waals surface area contributed by atoms with E-state index in [-0.39, 0.29) is 27.8 Å². The van der Waals surface area contributed by atoms with E-state index >= 15 is 0 Å². The number of anilines is 2. The number of carbonyl (C=O) groups is 1. The third-order valence-electron chi connectivity index (χ3n) is 5.04. The smallest absolute Gasteiger partial charge is 0.266 e. The lowest BCUT2D eigenvalue weighted by molar-refractivity contribution is 0.103. The first-order valence-corrected chi connectivity index (χ1v) is 11.2. The molecule has 0 aliphatic heterocycles. The van der Waals surface area contributed by atoms with Crippen molar-refractivity contribution in [1.29, 1.82) is 0 Å². The molecule has 0 amide bonds. The van der Waals surface area contributed by atoms with Crippen LogP contribution in [-0.4, -0.2) is 24.3 Å². The molecule has 0 fully saturated rings. The first kappa shape index (κ1) is 21.3. The molecular weight excluding hydrogens is 428 g/mol. The van der Waals surface area contributed by atoms with Crippen LogP contribution in [0.4, 0.5) is 11.6 Å². The van der Waals surface area contributed by atoms with Gasteiger partial charge in [-0.15, -0.1) is 0 Å². The monoisotopic (exact) mass is 448 g/mol. The molecule has 0 aliphatic rings. The van der Waals surface area contributed by atoms with Crippen LogP contribution in [0, 0.1) is 13.8 Å². The van der Waals surface area contributed by atoms with Gasteiger partial charge in [0, 0.05) is 28.5 Å². The molecule has 0 saturated heterocycles. The number of carbonyl (C=O) groups excluding carboxylic acids is 1. The molecule has 0 bridgehead atoms. The van der Waals surface area contributed by atoms with Gasteiger partial charge in [-0.2, -0.15) is 0 Å². The summed E-state index contributed by atoms with van der Waals surface area (Å²) in [5, 5.41) is 3.73. The Labute approximate surface area is 185 Å². The molecule has 0 spiro atoms. The molecule has 4 rings (SSSR count). The number of nitrogen functional groups attached to an aromatic ring is 1. The van der Waals surface area contributed by atoms with E-state index in [1.165, 1.54) is 18.2 Å². The van der Waals surface area contributed by atoms with Crippen LogP contribution < -0.4 is 10.5 Å². The van der Waals surface area contributed by atoms with E-state index in [0.29, 0.717) is 22.5 Å². The number of benzene rings is 2. The van der Waals surface area contributed by atoms with Crippen molar-refractivity contribution >= 4 is 27.4 Å². The third-order valence-corrected chi connectivity index (χ3v) is 6.44. The molecule has 2 heterocycles. The Morgan fingerprint density at radius 1 is 1.00 bits per heavy atom. The maximum atomic E-state index is 13.0.